The van der Waals surface area contributed by atoms with Crippen molar-refractivity contribution in [3.8, 4) is 11.3 Å². The van der Waals surface area contributed by atoms with Crippen molar-refractivity contribution in [2.75, 3.05) is 37.6 Å². The summed E-state index contributed by atoms with van der Waals surface area (Å²) < 4.78 is 1.57. The molecule has 0 radical (unpaired) electrons. The van der Waals surface area contributed by atoms with Crippen molar-refractivity contribution in [3.63, 3.8) is 0 Å². The van der Waals surface area contributed by atoms with E-state index in [0.717, 1.165) is 54.8 Å². The molecule has 3 aromatic rings. The van der Waals surface area contributed by atoms with Crippen molar-refractivity contribution in [2.24, 2.45) is 0 Å². The zero-order valence-corrected chi connectivity index (χ0v) is 17.0. The number of hydrogen-bond acceptors (Lipinski definition) is 7. The molecule has 0 unspecified atom stereocenters. The maximum Gasteiger partial charge on any atom is 0.266 e. The third-order valence-electron chi connectivity index (χ3n) is 5.13. The average Bonchev–Trinajstić information content (AvgIpc) is 3.07. The van der Waals surface area contributed by atoms with E-state index in [1.807, 2.05) is 12.1 Å². The van der Waals surface area contributed by atoms with E-state index in [-0.39, 0.29) is 5.56 Å². The Labute approximate surface area is 168 Å². The minimum Gasteiger partial charge on any atom is -0.346 e. The molecule has 28 heavy (non-hydrogen) atoms. The summed E-state index contributed by atoms with van der Waals surface area (Å²) in [7, 11) is 0. The van der Waals surface area contributed by atoms with Crippen LogP contribution in [0.5, 0.6) is 0 Å². The lowest BCUT2D eigenvalue weighted by Gasteiger charge is -2.34. The van der Waals surface area contributed by atoms with Gasteiger partial charge in [0.1, 0.15) is 0 Å². The molecule has 0 aromatic carbocycles. The fraction of sp³-hybridized carbons (Fsp3) is 0.400. The van der Waals surface area contributed by atoms with Gasteiger partial charge in [0.2, 0.25) is 0 Å². The van der Waals surface area contributed by atoms with Crippen LogP contribution in [0.4, 0.5) is 5.13 Å². The summed E-state index contributed by atoms with van der Waals surface area (Å²) in [6.07, 6.45) is 3.47. The number of pyridine rings is 1. The van der Waals surface area contributed by atoms with Gasteiger partial charge in [0, 0.05) is 61.6 Å². The highest BCUT2D eigenvalue weighted by atomic mass is 32.1. The van der Waals surface area contributed by atoms with Gasteiger partial charge in [-0.1, -0.05) is 0 Å². The predicted molar refractivity (Wildman–Crippen MR) is 112 cm³/mol. The molecule has 1 aliphatic heterocycles. The van der Waals surface area contributed by atoms with Gasteiger partial charge in [0.15, 0.2) is 5.13 Å². The Morgan fingerprint density at radius 3 is 2.43 bits per heavy atom. The van der Waals surface area contributed by atoms with Crippen LogP contribution in [-0.4, -0.2) is 57.4 Å². The van der Waals surface area contributed by atoms with Crippen LogP contribution in [0, 0.1) is 13.8 Å². The van der Waals surface area contributed by atoms with Crippen LogP contribution in [-0.2, 0) is 6.54 Å². The topological polar surface area (TPSA) is 67.2 Å². The molecule has 0 amide bonds. The van der Waals surface area contributed by atoms with E-state index in [0.29, 0.717) is 6.54 Å². The first-order valence-corrected chi connectivity index (χ1v) is 10.3. The van der Waals surface area contributed by atoms with E-state index in [2.05, 4.69) is 38.7 Å². The lowest BCUT2D eigenvalue weighted by Crippen LogP contribution is -2.47. The molecular weight excluding hydrogens is 372 g/mol. The summed E-state index contributed by atoms with van der Waals surface area (Å²) in [5.74, 6) is 0. The van der Waals surface area contributed by atoms with Crippen LogP contribution >= 0.6 is 11.3 Å². The maximum atomic E-state index is 12.2. The first-order chi connectivity index (χ1) is 13.6. The lowest BCUT2D eigenvalue weighted by molar-refractivity contribution is 0.243. The summed E-state index contributed by atoms with van der Waals surface area (Å²) in [4.78, 5) is 26.9. The van der Waals surface area contributed by atoms with Gasteiger partial charge >= 0.3 is 0 Å². The zero-order chi connectivity index (χ0) is 19.5. The van der Waals surface area contributed by atoms with Crippen LogP contribution < -0.4 is 10.5 Å². The molecule has 0 N–H and O–H groups in total. The number of hydrogen-bond donors (Lipinski definition) is 0. The summed E-state index contributed by atoms with van der Waals surface area (Å²) >= 11 is 1.77. The Bertz CT molecular complexity index is 972. The average molecular weight is 397 g/mol. The van der Waals surface area contributed by atoms with E-state index < -0.39 is 0 Å². The molecule has 0 bridgehead atoms. The van der Waals surface area contributed by atoms with Gasteiger partial charge in [0.05, 0.1) is 17.9 Å². The molecule has 4 heterocycles. The Morgan fingerprint density at radius 1 is 1.00 bits per heavy atom. The number of anilines is 1. The van der Waals surface area contributed by atoms with E-state index in [9.17, 15) is 4.79 Å². The number of thiazole rings is 1. The molecule has 0 saturated carbocycles. The lowest BCUT2D eigenvalue weighted by atomic mass is 10.2. The number of aryl methyl sites for hydroxylation is 2. The van der Waals surface area contributed by atoms with Crippen LogP contribution in [0.15, 0.2) is 41.5 Å². The zero-order valence-electron chi connectivity index (χ0n) is 16.2. The van der Waals surface area contributed by atoms with Crippen molar-refractivity contribution in [2.45, 2.75) is 20.4 Å². The van der Waals surface area contributed by atoms with Crippen LogP contribution in [0.3, 0.4) is 0 Å². The number of nitrogens with zero attached hydrogens (tertiary/aromatic N) is 6. The first-order valence-electron chi connectivity index (χ1n) is 9.50. The Balaban J connectivity index is 1.36. The third-order valence-corrected chi connectivity index (χ3v) is 6.26. The second-order valence-corrected chi connectivity index (χ2v) is 8.16. The number of piperazine rings is 1. The largest absolute Gasteiger partial charge is 0.346 e. The maximum absolute atomic E-state index is 12.2. The van der Waals surface area contributed by atoms with E-state index >= 15 is 0 Å². The van der Waals surface area contributed by atoms with Crippen molar-refractivity contribution in [1.82, 2.24) is 24.6 Å². The highest BCUT2D eigenvalue weighted by molar-refractivity contribution is 7.15. The Hall–Kier alpha value is -2.58. The van der Waals surface area contributed by atoms with E-state index in [1.54, 1.807) is 40.5 Å². The molecule has 146 valence electrons. The second kappa shape index (κ2) is 8.20. The summed E-state index contributed by atoms with van der Waals surface area (Å²) in [6, 6.07) is 7.16. The minimum absolute atomic E-state index is 0.0646. The van der Waals surface area contributed by atoms with Gasteiger partial charge in [-0.05, 0) is 32.0 Å². The molecule has 1 fully saturated rings. The Morgan fingerprint density at radius 2 is 1.75 bits per heavy atom. The molecule has 0 atom stereocenters. The van der Waals surface area contributed by atoms with Gasteiger partial charge < -0.3 is 4.90 Å². The van der Waals surface area contributed by atoms with Crippen LogP contribution in [0.2, 0.25) is 0 Å². The molecule has 1 aliphatic rings. The van der Waals surface area contributed by atoms with Crippen molar-refractivity contribution >= 4 is 16.5 Å². The number of aromatic nitrogens is 4. The van der Waals surface area contributed by atoms with Crippen molar-refractivity contribution in [1.29, 1.82) is 0 Å². The monoisotopic (exact) mass is 396 g/mol. The van der Waals surface area contributed by atoms with Gasteiger partial charge in [0.25, 0.3) is 5.56 Å². The van der Waals surface area contributed by atoms with Gasteiger partial charge in [-0.3, -0.25) is 14.7 Å². The molecule has 1 saturated heterocycles. The summed E-state index contributed by atoms with van der Waals surface area (Å²) in [6.45, 7) is 9.46. The molecule has 0 aliphatic carbocycles. The smallest absolute Gasteiger partial charge is 0.266 e. The van der Waals surface area contributed by atoms with Gasteiger partial charge in [-0.25, -0.2) is 9.67 Å². The van der Waals surface area contributed by atoms with Crippen LogP contribution in [0.1, 0.15) is 10.6 Å². The standard InChI is InChI=1S/C20H24N6OS/c1-15-16(2)28-20(22-15)25-12-9-24(10-13-25)11-14-26-19(27)4-3-18(23-26)17-5-7-21-8-6-17/h3-8H,9-14H2,1-2H3. The summed E-state index contributed by atoms with van der Waals surface area (Å²) in [5.41, 5.74) is 2.82. The molecule has 4 rings (SSSR count). The number of rotatable bonds is 5. The second-order valence-electron chi connectivity index (χ2n) is 6.98. The summed E-state index contributed by atoms with van der Waals surface area (Å²) in [5, 5.41) is 5.66. The predicted octanol–water partition coefficient (Wildman–Crippen LogP) is 2.20. The normalized spacial score (nSPS) is 15.1. The first kappa shape index (κ1) is 18.8. The van der Waals surface area contributed by atoms with E-state index in [1.165, 1.54) is 4.88 Å². The SMILES string of the molecule is Cc1nc(N2CCN(CCn3nc(-c4ccncc4)ccc3=O)CC2)sc1C. The molecule has 7 nitrogen and oxygen atoms in total. The fourth-order valence-corrected chi connectivity index (χ4v) is 4.24. The van der Waals surface area contributed by atoms with Gasteiger partial charge in [-0.2, -0.15) is 5.10 Å². The Kier molecular flexibility index (Phi) is 5.50. The molecule has 0 spiro atoms. The highest BCUT2D eigenvalue weighted by Crippen LogP contribution is 2.25. The van der Waals surface area contributed by atoms with Crippen LogP contribution in [0.25, 0.3) is 11.3 Å². The van der Waals surface area contributed by atoms with Crippen molar-refractivity contribution < 1.29 is 0 Å². The fourth-order valence-electron chi connectivity index (χ4n) is 3.28. The van der Waals surface area contributed by atoms with E-state index in [4.69, 9.17) is 0 Å². The third kappa shape index (κ3) is 4.13. The minimum atomic E-state index is -0.0646. The highest BCUT2D eigenvalue weighted by Gasteiger charge is 2.20. The molecule has 3 aromatic heterocycles. The molecular formula is C20H24N6OS. The molecule has 8 heteroatoms. The van der Waals surface area contributed by atoms with Crippen molar-refractivity contribution in [3.05, 3.63) is 57.6 Å². The quantitative estimate of drug-likeness (QED) is 0.659. The van der Waals surface area contributed by atoms with Gasteiger partial charge in [-0.15, -0.1) is 11.3 Å².